The molecule has 1 aromatic carbocycles. The molecule has 0 aliphatic carbocycles. The van der Waals surface area contributed by atoms with Crippen LogP contribution in [0, 0.1) is 17.2 Å². The van der Waals surface area contributed by atoms with Crippen LogP contribution in [0.25, 0.3) is 0 Å². The van der Waals surface area contributed by atoms with Gasteiger partial charge in [0.2, 0.25) is 0 Å². The number of nitriles is 1. The van der Waals surface area contributed by atoms with Gasteiger partial charge in [-0.3, -0.25) is 5.32 Å². The second-order valence-corrected chi connectivity index (χ2v) is 6.23. The lowest BCUT2D eigenvalue weighted by atomic mass is 9.88. The smallest absolute Gasteiger partial charge is 0.109 e. The number of rotatable bonds is 5. The first kappa shape index (κ1) is 15.0. The Morgan fingerprint density at radius 3 is 2.45 bits per heavy atom. The second-order valence-electron chi connectivity index (χ2n) is 6.23. The van der Waals surface area contributed by atoms with Crippen LogP contribution in [0.1, 0.15) is 32.3 Å². The molecule has 0 amide bonds. The maximum Gasteiger partial charge on any atom is 0.109 e. The summed E-state index contributed by atoms with van der Waals surface area (Å²) >= 11 is 0. The van der Waals surface area contributed by atoms with Gasteiger partial charge < -0.3 is 4.90 Å². The standard InChI is InChI=1S/C17H25N3/c1-15(2)13-20-10-8-17(14-18,9-11-20)19-12-16-6-4-3-5-7-16/h3-7,15,19H,8-13H2,1-2H3. The highest BCUT2D eigenvalue weighted by Crippen LogP contribution is 2.22. The number of hydrogen-bond donors (Lipinski definition) is 1. The molecule has 0 radical (unpaired) electrons. The molecule has 1 heterocycles. The van der Waals surface area contributed by atoms with Gasteiger partial charge in [-0.05, 0) is 24.3 Å². The average molecular weight is 271 g/mol. The van der Waals surface area contributed by atoms with Crippen LogP contribution in [-0.2, 0) is 6.54 Å². The zero-order valence-corrected chi connectivity index (χ0v) is 12.6. The fourth-order valence-corrected chi connectivity index (χ4v) is 2.83. The highest BCUT2D eigenvalue weighted by Gasteiger charge is 2.34. The molecular formula is C17H25N3. The topological polar surface area (TPSA) is 39.1 Å². The molecule has 1 saturated heterocycles. The third kappa shape index (κ3) is 4.06. The zero-order valence-electron chi connectivity index (χ0n) is 12.6. The fraction of sp³-hybridized carbons (Fsp3) is 0.588. The minimum absolute atomic E-state index is 0.344. The lowest BCUT2D eigenvalue weighted by Gasteiger charge is -2.38. The molecule has 1 aliphatic heterocycles. The van der Waals surface area contributed by atoms with E-state index in [1.807, 2.05) is 18.2 Å². The lowest BCUT2D eigenvalue weighted by Crippen LogP contribution is -2.52. The molecule has 0 atom stereocenters. The predicted molar refractivity (Wildman–Crippen MR) is 82.1 cm³/mol. The van der Waals surface area contributed by atoms with Crippen molar-refractivity contribution in [1.82, 2.24) is 10.2 Å². The number of piperidine rings is 1. The number of hydrogen-bond acceptors (Lipinski definition) is 3. The summed E-state index contributed by atoms with van der Waals surface area (Å²) in [7, 11) is 0. The van der Waals surface area contributed by atoms with Crippen LogP contribution in [0.4, 0.5) is 0 Å². The highest BCUT2D eigenvalue weighted by molar-refractivity contribution is 5.17. The molecule has 20 heavy (non-hydrogen) atoms. The van der Waals surface area contributed by atoms with Crippen LogP contribution in [0.2, 0.25) is 0 Å². The van der Waals surface area contributed by atoms with Gasteiger partial charge in [0.15, 0.2) is 0 Å². The number of likely N-dealkylation sites (tertiary alicyclic amines) is 1. The predicted octanol–water partition coefficient (Wildman–Crippen LogP) is 2.79. The molecule has 1 aromatic rings. The van der Waals surface area contributed by atoms with E-state index in [1.54, 1.807) is 0 Å². The summed E-state index contributed by atoms with van der Waals surface area (Å²) < 4.78 is 0. The summed E-state index contributed by atoms with van der Waals surface area (Å²) in [4.78, 5) is 2.48. The normalized spacial score (nSPS) is 18.9. The van der Waals surface area contributed by atoms with Crippen LogP contribution in [0.15, 0.2) is 30.3 Å². The summed E-state index contributed by atoms with van der Waals surface area (Å²) in [5.41, 5.74) is 0.898. The van der Waals surface area contributed by atoms with Gasteiger partial charge in [-0.25, -0.2) is 0 Å². The quantitative estimate of drug-likeness (QED) is 0.895. The Morgan fingerprint density at radius 2 is 1.90 bits per heavy atom. The number of nitrogens with one attached hydrogen (secondary N) is 1. The lowest BCUT2D eigenvalue weighted by molar-refractivity contribution is 0.152. The van der Waals surface area contributed by atoms with Crippen LogP contribution in [0.3, 0.4) is 0 Å². The van der Waals surface area contributed by atoms with Crippen LogP contribution < -0.4 is 5.32 Å². The fourth-order valence-electron chi connectivity index (χ4n) is 2.83. The van der Waals surface area contributed by atoms with Gasteiger partial charge in [-0.1, -0.05) is 44.2 Å². The van der Waals surface area contributed by atoms with Gasteiger partial charge in [0.25, 0.3) is 0 Å². The van der Waals surface area contributed by atoms with Crippen molar-refractivity contribution in [2.24, 2.45) is 5.92 Å². The SMILES string of the molecule is CC(C)CN1CCC(C#N)(NCc2ccccc2)CC1. The monoisotopic (exact) mass is 271 g/mol. The Bertz CT molecular complexity index is 439. The molecule has 0 aromatic heterocycles. The van der Waals surface area contributed by atoms with Gasteiger partial charge in [0.1, 0.15) is 5.54 Å². The highest BCUT2D eigenvalue weighted by atomic mass is 15.2. The van der Waals surface area contributed by atoms with Crippen LogP contribution in [0.5, 0.6) is 0 Å². The number of benzene rings is 1. The van der Waals surface area contributed by atoms with Crippen LogP contribution in [-0.4, -0.2) is 30.1 Å². The summed E-state index contributed by atoms with van der Waals surface area (Å²) in [6, 6.07) is 12.8. The average Bonchev–Trinajstić information content (AvgIpc) is 2.47. The molecule has 0 saturated carbocycles. The largest absolute Gasteiger partial charge is 0.303 e. The Morgan fingerprint density at radius 1 is 1.25 bits per heavy atom. The van der Waals surface area contributed by atoms with Crippen molar-refractivity contribution < 1.29 is 0 Å². The van der Waals surface area contributed by atoms with E-state index >= 15 is 0 Å². The molecule has 0 spiro atoms. The van der Waals surface area contributed by atoms with E-state index in [2.05, 4.69) is 42.3 Å². The van der Waals surface area contributed by atoms with E-state index in [0.717, 1.165) is 39.0 Å². The van der Waals surface area contributed by atoms with Crippen molar-refractivity contribution >= 4 is 0 Å². The Kier molecular flexibility index (Phi) is 5.17. The van der Waals surface area contributed by atoms with Crippen molar-refractivity contribution in [2.75, 3.05) is 19.6 Å². The molecule has 1 N–H and O–H groups in total. The van der Waals surface area contributed by atoms with Crippen molar-refractivity contribution in [2.45, 2.75) is 38.8 Å². The molecule has 1 aliphatic rings. The van der Waals surface area contributed by atoms with Gasteiger partial charge in [0.05, 0.1) is 6.07 Å². The van der Waals surface area contributed by atoms with Gasteiger partial charge >= 0.3 is 0 Å². The minimum Gasteiger partial charge on any atom is -0.303 e. The maximum atomic E-state index is 9.56. The van der Waals surface area contributed by atoms with E-state index in [4.69, 9.17) is 0 Å². The van der Waals surface area contributed by atoms with Gasteiger partial charge in [0, 0.05) is 26.2 Å². The number of nitrogens with zero attached hydrogens (tertiary/aromatic N) is 2. The zero-order chi connectivity index (χ0) is 14.4. The van der Waals surface area contributed by atoms with Crippen LogP contribution >= 0.6 is 0 Å². The van der Waals surface area contributed by atoms with Crippen molar-refractivity contribution in [1.29, 1.82) is 5.26 Å². The molecule has 3 heteroatoms. The van der Waals surface area contributed by atoms with Crippen molar-refractivity contribution in [3.63, 3.8) is 0 Å². The Hall–Kier alpha value is -1.37. The Labute approximate surface area is 122 Å². The summed E-state index contributed by atoms with van der Waals surface area (Å²) in [5, 5.41) is 13.0. The minimum atomic E-state index is -0.344. The first-order valence-electron chi connectivity index (χ1n) is 7.56. The molecule has 0 bridgehead atoms. The summed E-state index contributed by atoms with van der Waals surface area (Å²) in [5.74, 6) is 0.696. The third-order valence-electron chi connectivity index (χ3n) is 4.02. The van der Waals surface area contributed by atoms with E-state index < -0.39 is 0 Å². The molecule has 0 unspecified atom stereocenters. The van der Waals surface area contributed by atoms with Gasteiger partial charge in [-0.2, -0.15) is 5.26 Å². The van der Waals surface area contributed by atoms with Crippen molar-refractivity contribution in [3.05, 3.63) is 35.9 Å². The summed E-state index contributed by atoms with van der Waals surface area (Å²) in [6.45, 7) is 8.46. The molecule has 3 nitrogen and oxygen atoms in total. The first-order valence-corrected chi connectivity index (χ1v) is 7.56. The third-order valence-corrected chi connectivity index (χ3v) is 4.02. The molecule has 1 fully saturated rings. The van der Waals surface area contributed by atoms with E-state index in [1.165, 1.54) is 5.56 Å². The Balaban J connectivity index is 1.87. The second kappa shape index (κ2) is 6.88. The van der Waals surface area contributed by atoms with Crippen molar-refractivity contribution in [3.8, 4) is 6.07 Å². The molecule has 2 rings (SSSR count). The van der Waals surface area contributed by atoms with E-state index in [9.17, 15) is 5.26 Å². The first-order chi connectivity index (χ1) is 9.63. The molecular weight excluding hydrogens is 246 g/mol. The van der Waals surface area contributed by atoms with Gasteiger partial charge in [-0.15, -0.1) is 0 Å². The van der Waals surface area contributed by atoms with E-state index in [-0.39, 0.29) is 5.54 Å². The maximum absolute atomic E-state index is 9.56. The summed E-state index contributed by atoms with van der Waals surface area (Å²) in [6.07, 6.45) is 1.84. The molecule has 108 valence electrons. The van der Waals surface area contributed by atoms with E-state index in [0.29, 0.717) is 5.92 Å².